The Hall–Kier alpha value is -6.63. The highest BCUT2D eigenvalue weighted by Gasteiger charge is 2.21. The van der Waals surface area contributed by atoms with E-state index in [0.29, 0.717) is 11.1 Å². The molecule has 0 N–H and O–H groups in total. The number of benzene rings is 7. The number of nitrogens with zero attached hydrogens (tertiary/aromatic N) is 5. The van der Waals surface area contributed by atoms with Crippen molar-refractivity contribution in [3.63, 3.8) is 0 Å². The predicted octanol–water partition coefficient (Wildman–Crippen LogP) is 11.8. The van der Waals surface area contributed by atoms with Crippen molar-refractivity contribution < 1.29 is 21.9 Å². The largest absolute Gasteiger partial charge is 0.278 e. The maximum Gasteiger partial charge on any atom is 0.240 e. The van der Waals surface area contributed by atoms with Gasteiger partial charge >= 0.3 is 0 Å². The van der Waals surface area contributed by atoms with Crippen molar-refractivity contribution in [3.05, 3.63) is 163 Å². The normalized spacial score (nSPS) is 16.3. The first-order chi connectivity index (χ1) is 31.9. The SMILES string of the molecule is [2H]c1c([2H])c([2H])c2c(c1[2H])c1c([2H])c([2H])c([2H])c([2H])c1n2-c1nc(-c2ccccc2-c2ccc3c(c2)sc2ccccc23)nc(-n2c3c([2H])c([2H])c([2H])c([2H])c3c3c([2H])c([2H])c([2H])c([2H])c32)n1. The van der Waals surface area contributed by atoms with Crippen LogP contribution in [0.1, 0.15) is 21.9 Å². The minimum absolute atomic E-state index is 0.125. The minimum Gasteiger partial charge on any atom is -0.278 e. The van der Waals surface area contributed by atoms with E-state index in [1.807, 2.05) is 48.5 Å². The molecule has 0 amide bonds. The van der Waals surface area contributed by atoms with Gasteiger partial charge in [0, 0.05) is 47.3 Å². The molecule has 4 aromatic heterocycles. The van der Waals surface area contributed by atoms with Crippen LogP contribution in [-0.2, 0) is 0 Å². The predicted molar refractivity (Wildman–Crippen MR) is 212 cm³/mol. The molecule has 0 spiro atoms. The second-order valence-electron chi connectivity index (χ2n) is 11.7. The van der Waals surface area contributed by atoms with E-state index in [4.69, 9.17) is 31.4 Å². The van der Waals surface area contributed by atoms with Crippen LogP contribution in [-0.4, -0.2) is 24.1 Å². The molecule has 6 heteroatoms. The van der Waals surface area contributed by atoms with Gasteiger partial charge in [0.05, 0.1) is 44.0 Å². The van der Waals surface area contributed by atoms with E-state index in [-0.39, 0.29) is 49.4 Å². The lowest BCUT2D eigenvalue weighted by molar-refractivity contribution is 0.893. The van der Waals surface area contributed by atoms with Gasteiger partial charge in [0.15, 0.2) is 5.82 Å². The lowest BCUT2D eigenvalue weighted by Crippen LogP contribution is -2.10. The van der Waals surface area contributed by atoms with E-state index in [0.717, 1.165) is 34.9 Å². The van der Waals surface area contributed by atoms with Gasteiger partial charge in [-0.1, -0.05) is 127 Å². The van der Waals surface area contributed by atoms with Crippen molar-refractivity contribution in [2.45, 2.75) is 0 Å². The number of para-hydroxylation sites is 4. The zero-order chi connectivity index (χ0) is 47.4. The zero-order valence-electron chi connectivity index (χ0n) is 42.0. The summed E-state index contributed by atoms with van der Waals surface area (Å²) in [6.45, 7) is 0. The molecule has 0 bridgehead atoms. The van der Waals surface area contributed by atoms with Crippen LogP contribution in [0.5, 0.6) is 0 Å². The van der Waals surface area contributed by atoms with Crippen LogP contribution in [0.15, 0.2) is 163 Å². The standard InChI is InChI=1S/C45H27N5S/c1-2-19-36(29(13-1)28-25-26-35-34-18-7-12-24-41(34)51-42(35)27-28)43-46-44(49-37-20-8-3-14-30(37)31-15-4-9-21-38(31)49)48-45(47-43)50-39-22-10-5-16-32(39)33-17-6-11-23-40(33)50/h1-27H/i3D,4D,5D,6D,8D,9D,10D,11D,14D,15D,16D,17D,20D,21D,22D,23D. The van der Waals surface area contributed by atoms with E-state index in [9.17, 15) is 5.48 Å². The Bertz CT molecular complexity index is 3750. The first-order valence-corrected chi connectivity index (χ1v) is 16.6. The minimum atomic E-state index is -0.692. The lowest BCUT2D eigenvalue weighted by Gasteiger charge is -2.14. The second kappa shape index (κ2) is 10.9. The molecule has 0 unspecified atom stereocenters. The Labute approximate surface area is 318 Å². The van der Waals surface area contributed by atoms with E-state index in [2.05, 4.69) is 0 Å². The van der Waals surface area contributed by atoms with Crippen molar-refractivity contribution in [2.75, 3.05) is 0 Å². The van der Waals surface area contributed by atoms with Gasteiger partial charge in [-0.05, 0) is 47.4 Å². The quantitative estimate of drug-likeness (QED) is 0.185. The summed E-state index contributed by atoms with van der Waals surface area (Å²) in [6, 6.07) is 10.6. The molecule has 11 rings (SSSR count). The molecule has 0 aliphatic heterocycles. The van der Waals surface area contributed by atoms with Crippen LogP contribution < -0.4 is 0 Å². The van der Waals surface area contributed by atoms with Gasteiger partial charge in [0.1, 0.15) is 0 Å². The summed E-state index contributed by atoms with van der Waals surface area (Å²) in [7, 11) is 0. The Morgan fingerprint density at radius 1 is 0.431 bits per heavy atom. The van der Waals surface area contributed by atoms with Crippen LogP contribution in [0.2, 0.25) is 0 Å². The van der Waals surface area contributed by atoms with E-state index in [1.54, 1.807) is 29.5 Å². The van der Waals surface area contributed by atoms with E-state index < -0.39 is 109 Å². The molecule has 0 aliphatic rings. The van der Waals surface area contributed by atoms with Gasteiger partial charge in [-0.25, -0.2) is 0 Å². The van der Waals surface area contributed by atoms with Crippen LogP contribution >= 0.6 is 11.3 Å². The molecule has 0 saturated heterocycles. The van der Waals surface area contributed by atoms with E-state index in [1.165, 1.54) is 0 Å². The fraction of sp³-hybridized carbons (Fsp3) is 0. The highest BCUT2D eigenvalue weighted by molar-refractivity contribution is 7.25. The maximum absolute atomic E-state index is 9.19. The number of thiophene rings is 1. The third kappa shape index (κ3) is 4.24. The molecule has 238 valence electrons. The number of fused-ring (bicyclic) bond motifs is 9. The molecule has 11 aromatic rings. The summed E-state index contributed by atoms with van der Waals surface area (Å²) in [5.74, 6) is -1.04. The number of hydrogen-bond acceptors (Lipinski definition) is 4. The molecular weight excluding hydrogens is 643 g/mol. The summed E-state index contributed by atoms with van der Waals surface area (Å²) >= 11 is 1.60. The second-order valence-corrected chi connectivity index (χ2v) is 12.8. The summed E-state index contributed by atoms with van der Waals surface area (Å²) in [5, 5.41) is 1.09. The van der Waals surface area contributed by atoms with Gasteiger partial charge < -0.3 is 0 Å². The molecule has 0 saturated carbocycles. The van der Waals surface area contributed by atoms with Crippen LogP contribution in [0.4, 0.5) is 0 Å². The highest BCUT2D eigenvalue weighted by atomic mass is 32.1. The fourth-order valence-corrected chi connectivity index (χ4v) is 7.88. The number of rotatable bonds is 4. The summed E-state index contributed by atoms with van der Waals surface area (Å²) in [4.78, 5) is 14.6. The number of aromatic nitrogens is 5. The van der Waals surface area contributed by atoms with Gasteiger partial charge in [-0.15, -0.1) is 11.3 Å². The molecule has 5 nitrogen and oxygen atoms in total. The summed E-state index contributed by atoms with van der Waals surface area (Å²) in [6.07, 6.45) is 0. The van der Waals surface area contributed by atoms with Crippen molar-refractivity contribution in [2.24, 2.45) is 0 Å². The van der Waals surface area contributed by atoms with Crippen LogP contribution in [0.25, 0.3) is 98.2 Å². The first kappa shape index (κ1) is 16.9. The van der Waals surface area contributed by atoms with Gasteiger partial charge in [-0.2, -0.15) is 15.0 Å². The number of hydrogen-bond donors (Lipinski definition) is 0. The Morgan fingerprint density at radius 3 is 1.47 bits per heavy atom. The van der Waals surface area contributed by atoms with E-state index >= 15 is 0 Å². The van der Waals surface area contributed by atoms with Gasteiger partial charge in [-0.3, -0.25) is 9.13 Å². The fourth-order valence-electron chi connectivity index (χ4n) is 6.74. The molecule has 0 aliphatic carbocycles. The van der Waals surface area contributed by atoms with Crippen LogP contribution in [0, 0.1) is 0 Å². The molecule has 0 radical (unpaired) electrons. The monoisotopic (exact) mass is 685 g/mol. The molecule has 0 fully saturated rings. The first-order valence-electron chi connectivity index (χ1n) is 23.7. The molecule has 0 atom stereocenters. The third-order valence-corrected chi connectivity index (χ3v) is 10.1. The Balaban J connectivity index is 1.34. The van der Waals surface area contributed by atoms with Crippen molar-refractivity contribution >= 4 is 75.1 Å². The highest BCUT2D eigenvalue weighted by Crippen LogP contribution is 2.39. The molecule has 4 heterocycles. The Kier molecular flexibility index (Phi) is 3.61. The Morgan fingerprint density at radius 2 is 0.902 bits per heavy atom. The molecule has 7 aromatic carbocycles. The van der Waals surface area contributed by atoms with Crippen molar-refractivity contribution in [1.29, 1.82) is 0 Å². The zero-order valence-corrected chi connectivity index (χ0v) is 26.8. The summed E-state index contributed by atoms with van der Waals surface area (Å²) < 4.78 is 146. The van der Waals surface area contributed by atoms with Crippen molar-refractivity contribution in [1.82, 2.24) is 24.1 Å². The van der Waals surface area contributed by atoms with Crippen LogP contribution in [0.3, 0.4) is 0 Å². The third-order valence-electron chi connectivity index (χ3n) is 8.93. The lowest BCUT2D eigenvalue weighted by atomic mass is 9.98. The topological polar surface area (TPSA) is 48.5 Å². The van der Waals surface area contributed by atoms with Gasteiger partial charge in [0.2, 0.25) is 11.9 Å². The average molecular weight is 686 g/mol. The molecule has 51 heavy (non-hydrogen) atoms. The molecular formula is C45H27N5S. The smallest absolute Gasteiger partial charge is 0.240 e. The summed E-state index contributed by atoms with van der Waals surface area (Å²) in [5.41, 5.74) is 0.440. The average Bonchev–Trinajstić information content (AvgIpc) is 4.02. The van der Waals surface area contributed by atoms with Crippen molar-refractivity contribution in [3.8, 4) is 34.4 Å². The van der Waals surface area contributed by atoms with Gasteiger partial charge in [0.25, 0.3) is 0 Å². The maximum atomic E-state index is 9.19.